The van der Waals surface area contributed by atoms with Gasteiger partial charge in [-0.1, -0.05) is 5.10 Å². The Bertz CT molecular complexity index is 478. The number of fused-ring (bicyclic) bond motifs is 1. The minimum atomic E-state index is -0.803. The highest BCUT2D eigenvalue weighted by atomic mass is 16.4. The third-order valence-corrected chi connectivity index (χ3v) is 1.15. The summed E-state index contributed by atoms with van der Waals surface area (Å²) >= 11 is 0. The zero-order valence-electron chi connectivity index (χ0n) is 6.05. The molecule has 0 amide bonds. The molecule has 0 bridgehead atoms. The minimum Gasteiger partial charge on any atom is -0.383 e. The zero-order chi connectivity index (χ0) is 8.55. The molecule has 0 unspecified atom stereocenters. The van der Waals surface area contributed by atoms with Crippen LogP contribution in [0, 0.1) is 6.92 Å². The number of aryl methyl sites for hydroxylation is 1. The first-order valence-electron chi connectivity index (χ1n) is 3.10. The van der Waals surface area contributed by atoms with Crippen LogP contribution in [0.5, 0.6) is 0 Å². The van der Waals surface area contributed by atoms with Gasteiger partial charge >= 0.3 is 5.76 Å². The summed E-state index contributed by atoms with van der Waals surface area (Å²) in [5.74, 6) is -0.354. The van der Waals surface area contributed by atoms with Crippen LogP contribution in [0.25, 0.3) is 11.4 Å². The van der Waals surface area contributed by atoms with Gasteiger partial charge in [0.2, 0.25) is 5.65 Å². The summed E-state index contributed by atoms with van der Waals surface area (Å²) in [6, 6.07) is 0. The maximum absolute atomic E-state index is 10.5. The van der Waals surface area contributed by atoms with Gasteiger partial charge in [-0.05, 0) is 6.92 Å². The Hall–Kier alpha value is -1.92. The Balaban J connectivity index is 2.87. The topological polar surface area (TPSA) is 94.7 Å². The predicted molar refractivity (Wildman–Crippen MR) is 36.2 cm³/mol. The summed E-state index contributed by atoms with van der Waals surface area (Å²) in [4.78, 5) is 14.4. The van der Waals surface area contributed by atoms with Crippen molar-refractivity contribution in [2.24, 2.45) is 0 Å². The lowest BCUT2D eigenvalue weighted by molar-refractivity contribution is 0.497. The van der Waals surface area contributed by atoms with E-state index in [1.54, 1.807) is 6.92 Å². The lowest BCUT2D eigenvalue weighted by Gasteiger charge is -1.90. The molecule has 0 aromatic carbocycles. The number of hydrogen-bond acceptors (Lipinski definition) is 7. The quantitative estimate of drug-likeness (QED) is 0.497. The van der Waals surface area contributed by atoms with E-state index in [9.17, 15) is 4.79 Å². The summed E-state index contributed by atoms with van der Waals surface area (Å²) in [5, 5.41) is 13.8. The van der Waals surface area contributed by atoms with Crippen LogP contribution in [-0.2, 0) is 0 Å². The van der Waals surface area contributed by atoms with E-state index in [0.29, 0.717) is 5.82 Å². The molecule has 0 N–H and O–H groups in total. The van der Waals surface area contributed by atoms with E-state index in [0.717, 1.165) is 0 Å². The van der Waals surface area contributed by atoms with E-state index >= 15 is 0 Å². The van der Waals surface area contributed by atoms with Crippen molar-refractivity contribution in [2.75, 3.05) is 0 Å². The molecule has 7 nitrogen and oxygen atoms in total. The lowest BCUT2D eigenvalue weighted by atomic mass is 10.7. The normalized spacial score (nSPS) is 10.4. The molecule has 0 fully saturated rings. The molecule has 0 spiro atoms. The van der Waals surface area contributed by atoms with Gasteiger partial charge in [-0.25, -0.2) is 9.78 Å². The van der Waals surface area contributed by atoms with Crippen LogP contribution in [0.4, 0.5) is 0 Å². The van der Waals surface area contributed by atoms with E-state index in [4.69, 9.17) is 0 Å². The molecule has 12 heavy (non-hydrogen) atoms. The Morgan fingerprint density at radius 3 is 2.83 bits per heavy atom. The standard InChI is InChI=1S/C5H3N5O2/c1-2-6-3-4(9-7-2)12-5(11)10-8-3/h1H3. The molecule has 2 aromatic rings. The first-order chi connectivity index (χ1) is 5.75. The molecule has 0 saturated heterocycles. The molecule has 0 aliphatic carbocycles. The Kier molecular flexibility index (Phi) is 1.29. The van der Waals surface area contributed by atoms with Crippen molar-refractivity contribution in [3.63, 3.8) is 0 Å². The van der Waals surface area contributed by atoms with Crippen molar-refractivity contribution in [3.8, 4) is 0 Å². The van der Waals surface area contributed by atoms with Gasteiger partial charge in [0, 0.05) is 0 Å². The molecule has 0 radical (unpaired) electrons. The molecule has 0 aliphatic heterocycles. The molecule has 7 heteroatoms. The first kappa shape index (κ1) is 6.77. The second-order valence-electron chi connectivity index (χ2n) is 2.06. The Morgan fingerprint density at radius 2 is 2.00 bits per heavy atom. The van der Waals surface area contributed by atoms with E-state index in [1.165, 1.54) is 0 Å². The highest BCUT2D eigenvalue weighted by Crippen LogP contribution is 1.97. The predicted octanol–water partition coefficient (Wildman–Crippen LogP) is -0.924. The molecule has 0 saturated carbocycles. The van der Waals surface area contributed by atoms with E-state index < -0.39 is 5.76 Å². The fourth-order valence-electron chi connectivity index (χ4n) is 0.708. The minimum absolute atomic E-state index is 0.000556. The second kappa shape index (κ2) is 2.29. The van der Waals surface area contributed by atoms with E-state index in [-0.39, 0.29) is 11.4 Å². The molecule has 2 aromatic heterocycles. The van der Waals surface area contributed by atoms with Crippen LogP contribution in [0.3, 0.4) is 0 Å². The summed E-state index contributed by atoms with van der Waals surface area (Å²) in [6.45, 7) is 1.65. The van der Waals surface area contributed by atoms with Gasteiger partial charge in [-0.3, -0.25) is 0 Å². The van der Waals surface area contributed by atoms with Gasteiger partial charge in [0.25, 0.3) is 5.71 Å². The largest absolute Gasteiger partial charge is 0.459 e. The van der Waals surface area contributed by atoms with Gasteiger partial charge in [0.1, 0.15) is 0 Å². The van der Waals surface area contributed by atoms with Crippen LogP contribution >= 0.6 is 0 Å². The summed E-state index contributed by atoms with van der Waals surface area (Å²) in [5.41, 5.74) is 0.183. The van der Waals surface area contributed by atoms with Crippen LogP contribution in [0.1, 0.15) is 5.82 Å². The van der Waals surface area contributed by atoms with Crippen LogP contribution in [0.15, 0.2) is 9.21 Å². The molecular weight excluding hydrogens is 162 g/mol. The highest BCUT2D eigenvalue weighted by Gasteiger charge is 2.02. The average Bonchev–Trinajstić information content (AvgIpc) is 2.05. The van der Waals surface area contributed by atoms with Crippen LogP contribution in [0.2, 0.25) is 0 Å². The highest BCUT2D eigenvalue weighted by molar-refractivity contribution is 5.58. The fourth-order valence-corrected chi connectivity index (χ4v) is 0.708. The first-order valence-corrected chi connectivity index (χ1v) is 3.10. The Labute approximate surface area is 65.5 Å². The van der Waals surface area contributed by atoms with Crippen molar-refractivity contribution in [1.82, 2.24) is 25.4 Å². The molecule has 0 atom stereocenters. The summed E-state index contributed by atoms with van der Waals surface area (Å²) < 4.78 is 4.55. The number of rotatable bonds is 0. The van der Waals surface area contributed by atoms with Gasteiger partial charge in [0.15, 0.2) is 5.82 Å². The number of nitrogens with zero attached hydrogens (tertiary/aromatic N) is 5. The Morgan fingerprint density at radius 1 is 1.17 bits per heavy atom. The van der Waals surface area contributed by atoms with Crippen molar-refractivity contribution < 1.29 is 4.42 Å². The molecule has 2 rings (SSSR count). The zero-order valence-corrected chi connectivity index (χ0v) is 6.05. The summed E-state index contributed by atoms with van der Waals surface area (Å²) in [7, 11) is 0. The SMILES string of the molecule is Cc1nnc2oc(=O)nnc2n1. The second-order valence-corrected chi connectivity index (χ2v) is 2.06. The van der Waals surface area contributed by atoms with Crippen molar-refractivity contribution in [2.45, 2.75) is 6.92 Å². The maximum Gasteiger partial charge on any atom is 0.459 e. The summed E-state index contributed by atoms with van der Waals surface area (Å²) in [6.07, 6.45) is 0. The van der Waals surface area contributed by atoms with Gasteiger partial charge in [-0.2, -0.15) is 0 Å². The van der Waals surface area contributed by atoms with Crippen LogP contribution in [-0.4, -0.2) is 25.4 Å². The fraction of sp³-hybridized carbons (Fsp3) is 0.200. The third kappa shape index (κ3) is 1.00. The van der Waals surface area contributed by atoms with Crippen molar-refractivity contribution >= 4 is 11.4 Å². The molecular formula is C5H3N5O2. The van der Waals surface area contributed by atoms with Gasteiger partial charge in [-0.15, -0.1) is 15.3 Å². The van der Waals surface area contributed by atoms with E-state index in [2.05, 4.69) is 29.8 Å². The monoisotopic (exact) mass is 165 g/mol. The van der Waals surface area contributed by atoms with Crippen molar-refractivity contribution in [3.05, 3.63) is 16.4 Å². The smallest absolute Gasteiger partial charge is 0.383 e. The molecule has 2 heterocycles. The number of aromatic nitrogens is 5. The van der Waals surface area contributed by atoms with E-state index in [1.807, 2.05) is 0 Å². The van der Waals surface area contributed by atoms with Gasteiger partial charge in [0.05, 0.1) is 0 Å². The lowest BCUT2D eigenvalue weighted by Crippen LogP contribution is -2.08. The molecule has 60 valence electrons. The van der Waals surface area contributed by atoms with Crippen molar-refractivity contribution in [1.29, 1.82) is 0 Å². The van der Waals surface area contributed by atoms with Crippen LogP contribution < -0.4 is 5.76 Å². The molecule has 0 aliphatic rings. The average molecular weight is 165 g/mol. The number of hydrogen-bond donors (Lipinski definition) is 0. The maximum atomic E-state index is 10.5. The third-order valence-electron chi connectivity index (χ3n) is 1.15. The van der Waals surface area contributed by atoms with Gasteiger partial charge < -0.3 is 4.42 Å².